The Morgan fingerprint density at radius 3 is 1.39 bits per heavy atom. The van der Waals surface area contributed by atoms with Crippen molar-refractivity contribution in [3.05, 3.63) is 201 Å². The van der Waals surface area contributed by atoms with E-state index in [4.69, 9.17) is 0 Å². The van der Waals surface area contributed by atoms with Crippen molar-refractivity contribution in [2.24, 2.45) is 10.8 Å². The van der Waals surface area contributed by atoms with Crippen LogP contribution < -0.4 is 9.80 Å². The van der Waals surface area contributed by atoms with Gasteiger partial charge in [-0.1, -0.05) is 208 Å². The Labute approximate surface area is 462 Å². The van der Waals surface area contributed by atoms with Crippen LogP contribution in [0, 0.1) is 45.4 Å². The van der Waals surface area contributed by atoms with Crippen LogP contribution in [-0.2, 0) is 27.1 Å². The molecule has 0 heterocycles. The highest BCUT2D eigenvalue weighted by Crippen LogP contribution is 2.55. The summed E-state index contributed by atoms with van der Waals surface area (Å²) >= 11 is 0. The first-order valence-corrected chi connectivity index (χ1v) is 28.6. The third-order valence-corrected chi connectivity index (χ3v) is 17.4. The molecule has 0 saturated heterocycles. The number of hydrogen-bond donors (Lipinski definition) is 0. The fourth-order valence-electron chi connectivity index (χ4n) is 13.2. The Balaban J connectivity index is 1.47. The van der Waals surface area contributed by atoms with Crippen LogP contribution in [0.3, 0.4) is 0 Å². The van der Waals surface area contributed by atoms with Crippen LogP contribution in [-0.4, -0.2) is 0 Å². The zero-order valence-electron chi connectivity index (χ0n) is 51.0. The minimum Gasteiger partial charge on any atom is -0.310 e. The second kappa shape index (κ2) is 20.2. The van der Waals surface area contributed by atoms with Gasteiger partial charge in [0.25, 0.3) is 0 Å². The lowest BCUT2D eigenvalue weighted by Gasteiger charge is -2.38. The van der Waals surface area contributed by atoms with Gasteiger partial charge in [0, 0.05) is 28.0 Å². The Kier molecular flexibility index (Phi) is 15.0. The van der Waals surface area contributed by atoms with Crippen molar-refractivity contribution in [1.29, 1.82) is 0 Å². The van der Waals surface area contributed by atoms with Gasteiger partial charge in [0.15, 0.2) is 0 Å². The molecule has 7 aromatic carbocycles. The third kappa shape index (κ3) is 11.4. The van der Waals surface area contributed by atoms with Gasteiger partial charge in [-0.3, -0.25) is 0 Å². The van der Waals surface area contributed by atoms with Crippen LogP contribution >= 0.6 is 0 Å². The molecule has 2 nitrogen and oxygen atoms in total. The van der Waals surface area contributed by atoms with E-state index in [0.717, 1.165) is 31.4 Å². The zero-order valence-corrected chi connectivity index (χ0v) is 51.0. The van der Waals surface area contributed by atoms with E-state index in [1.165, 1.54) is 101 Å². The summed E-state index contributed by atoms with van der Waals surface area (Å²) in [5, 5.41) is 0. The maximum absolute atomic E-state index is 2.66. The number of rotatable bonds is 14. The summed E-state index contributed by atoms with van der Waals surface area (Å²) in [4.78, 5) is 5.30. The van der Waals surface area contributed by atoms with E-state index in [9.17, 15) is 0 Å². The first-order valence-electron chi connectivity index (χ1n) is 28.6. The molecular weight excluding hydrogens is 917 g/mol. The van der Waals surface area contributed by atoms with E-state index in [-0.39, 0.29) is 37.9 Å². The van der Waals surface area contributed by atoms with E-state index in [1.807, 2.05) is 0 Å². The second-order valence-electron chi connectivity index (χ2n) is 28.9. The molecule has 0 unspecified atom stereocenters. The lowest BCUT2D eigenvalue weighted by molar-refractivity contribution is 0.284. The van der Waals surface area contributed by atoms with Gasteiger partial charge in [0.1, 0.15) is 0 Å². The number of hydrogen-bond acceptors (Lipinski definition) is 2. The molecule has 0 radical (unpaired) electrons. The summed E-state index contributed by atoms with van der Waals surface area (Å²) < 4.78 is 0. The Morgan fingerprint density at radius 2 is 0.868 bits per heavy atom. The smallest absolute Gasteiger partial charge is 0.0540 e. The second-order valence-corrected chi connectivity index (χ2v) is 28.9. The third-order valence-electron chi connectivity index (χ3n) is 17.4. The SMILES string of the molecule is Cc1cc(N(c2cc(C(C)(C)CC(C)(C)C)ccc2C)c2cc3c(cc2C)C(C)(C)CC3(C)C)c(C)c(N(c2cc(C(C)(C)CCC(C)(C)C)ccc2C)c2ccc(C(C)(C)c3ccccc3)cc2-c2ccccc2)c1. The number of aryl methyl sites for hydroxylation is 4. The highest BCUT2D eigenvalue weighted by Gasteiger charge is 2.43. The highest BCUT2D eigenvalue weighted by atomic mass is 15.2. The normalized spacial score (nSPS) is 14.7. The molecule has 2 heteroatoms. The molecule has 1 aliphatic rings. The molecule has 0 spiro atoms. The molecule has 400 valence electrons. The van der Waals surface area contributed by atoms with Crippen molar-refractivity contribution in [2.75, 3.05) is 9.80 Å². The van der Waals surface area contributed by atoms with Gasteiger partial charge < -0.3 is 9.80 Å². The van der Waals surface area contributed by atoms with Gasteiger partial charge in [-0.2, -0.15) is 0 Å². The highest BCUT2D eigenvalue weighted by molar-refractivity contribution is 5.94. The molecule has 7 aromatic rings. The van der Waals surface area contributed by atoms with Crippen molar-refractivity contribution in [1.82, 2.24) is 0 Å². The summed E-state index contributed by atoms with van der Waals surface area (Å²) in [5.74, 6) is 0. The summed E-state index contributed by atoms with van der Waals surface area (Å²) in [6.45, 7) is 50.2. The van der Waals surface area contributed by atoms with Crippen LogP contribution in [0.15, 0.2) is 140 Å². The molecule has 8 rings (SSSR count). The largest absolute Gasteiger partial charge is 0.310 e. The van der Waals surface area contributed by atoms with Crippen LogP contribution in [0.4, 0.5) is 34.1 Å². The standard InChI is InChI=1S/C74H94N2/c1-49-40-66(53(5)67(41-49)76(64-45-57(35-33-51(64)3)71(14,15)47-69(9,10)11)65-46-61-60(42-52(65)4)72(16,17)48-73(61,18)19)75(63-44-56(34-32-50(63)2)70(12,13)39-38-68(6,7)8)62-37-36-58(43-59(62)54-28-24-22-25-29-54)74(20,21)55-30-26-23-27-31-55/h22-37,40-46H,38-39,47-48H2,1-21H3. The molecule has 0 saturated carbocycles. The molecule has 0 N–H and O–H groups in total. The van der Waals surface area contributed by atoms with E-state index in [2.05, 4.69) is 295 Å². The van der Waals surface area contributed by atoms with Gasteiger partial charge in [-0.25, -0.2) is 0 Å². The number of anilines is 6. The Bertz CT molecular complexity index is 3230. The van der Waals surface area contributed by atoms with E-state index in [0.29, 0.717) is 0 Å². The molecule has 76 heavy (non-hydrogen) atoms. The number of fused-ring (bicyclic) bond motifs is 1. The molecule has 0 aromatic heterocycles. The molecule has 0 atom stereocenters. The Morgan fingerprint density at radius 1 is 0.395 bits per heavy atom. The zero-order chi connectivity index (χ0) is 55.7. The molecule has 0 bridgehead atoms. The van der Waals surface area contributed by atoms with E-state index < -0.39 is 0 Å². The average Bonchev–Trinajstić information content (AvgIpc) is 3.52. The monoisotopic (exact) mass is 1010 g/mol. The van der Waals surface area contributed by atoms with Gasteiger partial charge in [0.2, 0.25) is 0 Å². The number of benzene rings is 7. The van der Waals surface area contributed by atoms with Crippen LogP contribution in [0.25, 0.3) is 11.1 Å². The van der Waals surface area contributed by atoms with Crippen molar-refractivity contribution in [3.8, 4) is 11.1 Å². The maximum atomic E-state index is 2.66. The molecule has 0 aliphatic heterocycles. The summed E-state index contributed by atoms with van der Waals surface area (Å²) in [7, 11) is 0. The van der Waals surface area contributed by atoms with Crippen LogP contribution in [0.5, 0.6) is 0 Å². The Hall–Kier alpha value is -5.86. The van der Waals surface area contributed by atoms with Gasteiger partial charge >= 0.3 is 0 Å². The molecule has 0 fully saturated rings. The van der Waals surface area contributed by atoms with Crippen molar-refractivity contribution in [3.63, 3.8) is 0 Å². The van der Waals surface area contributed by atoms with Gasteiger partial charge in [-0.05, 0) is 202 Å². The molecule has 1 aliphatic carbocycles. The van der Waals surface area contributed by atoms with Crippen molar-refractivity contribution in [2.45, 2.75) is 198 Å². The molecular formula is C74H94N2. The lowest BCUT2D eigenvalue weighted by Crippen LogP contribution is -2.25. The minimum absolute atomic E-state index is 0.0282. The fraction of sp³-hybridized carbons (Fsp3) is 0.432. The predicted molar refractivity (Wildman–Crippen MR) is 333 cm³/mol. The minimum atomic E-state index is -0.237. The quantitative estimate of drug-likeness (QED) is 0.107. The van der Waals surface area contributed by atoms with E-state index >= 15 is 0 Å². The number of nitrogens with zero attached hydrogens (tertiary/aromatic N) is 2. The van der Waals surface area contributed by atoms with Crippen molar-refractivity contribution >= 4 is 34.1 Å². The van der Waals surface area contributed by atoms with Crippen LogP contribution in [0.1, 0.15) is 198 Å². The molecule has 0 amide bonds. The topological polar surface area (TPSA) is 6.48 Å². The lowest BCUT2D eigenvalue weighted by atomic mass is 9.72. The summed E-state index contributed by atoms with van der Waals surface area (Å²) in [6.07, 6.45) is 4.43. The predicted octanol–water partition coefficient (Wildman–Crippen LogP) is 21.9. The first kappa shape index (κ1) is 56.3. The maximum Gasteiger partial charge on any atom is 0.0540 e. The van der Waals surface area contributed by atoms with Crippen molar-refractivity contribution < 1.29 is 0 Å². The first-order chi connectivity index (χ1) is 35.2. The van der Waals surface area contributed by atoms with Gasteiger partial charge in [-0.15, -0.1) is 0 Å². The average molecular weight is 1010 g/mol. The fourth-order valence-corrected chi connectivity index (χ4v) is 13.2. The van der Waals surface area contributed by atoms with Crippen LogP contribution in [0.2, 0.25) is 0 Å². The summed E-state index contributed by atoms with van der Waals surface area (Å²) in [5.41, 5.74) is 24.3. The van der Waals surface area contributed by atoms with E-state index in [1.54, 1.807) is 0 Å². The van der Waals surface area contributed by atoms with Gasteiger partial charge in [0.05, 0.1) is 17.1 Å². The summed E-state index contributed by atoms with van der Waals surface area (Å²) in [6, 6.07) is 54.1.